The average Bonchev–Trinajstić information content (AvgIpc) is 2.37. The van der Waals surface area contributed by atoms with E-state index in [1.165, 1.54) is 6.20 Å². The topological polar surface area (TPSA) is 58.1 Å². The van der Waals surface area contributed by atoms with E-state index < -0.39 is 0 Å². The molecule has 0 spiro atoms. The van der Waals surface area contributed by atoms with Crippen LogP contribution in [0.2, 0.25) is 5.15 Å². The number of urea groups is 1. The summed E-state index contributed by atoms with van der Waals surface area (Å²) < 4.78 is 0. The van der Waals surface area contributed by atoms with Crippen molar-refractivity contribution in [2.45, 2.75) is 39.3 Å². The maximum absolute atomic E-state index is 12.1. The number of aromatic nitrogens is 2. The molecule has 1 aromatic rings. The largest absolute Gasteiger partial charge is 0.332 e. The Morgan fingerprint density at radius 3 is 2.89 bits per heavy atom. The van der Waals surface area contributed by atoms with Crippen molar-refractivity contribution in [1.82, 2.24) is 20.2 Å². The highest BCUT2D eigenvalue weighted by molar-refractivity contribution is 6.29. The summed E-state index contributed by atoms with van der Waals surface area (Å²) in [5.41, 5.74) is 0.593. The second-order valence-corrected chi connectivity index (χ2v) is 5.48. The van der Waals surface area contributed by atoms with Crippen molar-refractivity contribution >= 4 is 17.6 Å². The summed E-state index contributed by atoms with van der Waals surface area (Å²) in [5.74, 6) is 0.688. The Labute approximate surface area is 118 Å². The molecule has 0 bridgehead atoms. The number of amides is 2. The highest BCUT2D eigenvalue weighted by atomic mass is 35.5. The summed E-state index contributed by atoms with van der Waals surface area (Å²) in [6.07, 6.45) is 5.21. The number of likely N-dealkylation sites (tertiary alicyclic amines) is 1. The van der Waals surface area contributed by atoms with E-state index >= 15 is 0 Å². The molecule has 1 N–H and O–H groups in total. The van der Waals surface area contributed by atoms with Crippen LogP contribution < -0.4 is 5.32 Å². The molecular weight excluding hydrogens is 264 g/mol. The van der Waals surface area contributed by atoms with Gasteiger partial charge in [-0.2, -0.15) is 0 Å². The van der Waals surface area contributed by atoms with Gasteiger partial charge in [0.05, 0.1) is 12.2 Å². The molecule has 5 nitrogen and oxygen atoms in total. The summed E-state index contributed by atoms with van der Waals surface area (Å²) in [4.78, 5) is 22.0. The third-order valence-electron chi connectivity index (χ3n) is 3.53. The van der Waals surface area contributed by atoms with Gasteiger partial charge in [-0.15, -0.1) is 0 Å². The number of nitrogens with one attached hydrogen (secondary N) is 1. The maximum Gasteiger partial charge on any atom is 0.317 e. The lowest BCUT2D eigenvalue weighted by Crippen LogP contribution is -2.48. The van der Waals surface area contributed by atoms with Gasteiger partial charge in [-0.25, -0.2) is 9.78 Å². The monoisotopic (exact) mass is 282 g/mol. The van der Waals surface area contributed by atoms with E-state index in [-0.39, 0.29) is 12.1 Å². The number of rotatable bonds is 2. The van der Waals surface area contributed by atoms with Crippen molar-refractivity contribution in [3.8, 4) is 0 Å². The molecular formula is C13H19ClN4O. The van der Waals surface area contributed by atoms with Crippen LogP contribution in [-0.4, -0.2) is 33.5 Å². The summed E-state index contributed by atoms with van der Waals surface area (Å²) in [6, 6.07) is 0.224. The van der Waals surface area contributed by atoms with Crippen molar-refractivity contribution in [3.05, 3.63) is 23.2 Å². The standard InChI is InChI=1S/C13H19ClN4O/c1-9-3-6-18(10(2)7-9)13(19)17-8-11-12(14)16-5-4-15-11/h4-5,9-10H,3,6-8H2,1-2H3,(H,17,19). The van der Waals surface area contributed by atoms with Gasteiger partial charge in [-0.05, 0) is 25.7 Å². The van der Waals surface area contributed by atoms with E-state index in [1.807, 2.05) is 4.90 Å². The molecule has 19 heavy (non-hydrogen) atoms. The van der Waals surface area contributed by atoms with Gasteiger partial charge in [0.25, 0.3) is 0 Å². The Hall–Kier alpha value is -1.36. The lowest BCUT2D eigenvalue weighted by atomic mass is 9.94. The Morgan fingerprint density at radius 1 is 1.47 bits per heavy atom. The molecule has 1 saturated heterocycles. The molecule has 2 rings (SSSR count). The molecule has 1 aromatic heterocycles. The molecule has 104 valence electrons. The molecule has 2 atom stereocenters. The van der Waals surface area contributed by atoms with Crippen molar-refractivity contribution in [2.75, 3.05) is 6.54 Å². The van der Waals surface area contributed by atoms with Crippen LogP contribution in [0.5, 0.6) is 0 Å². The summed E-state index contributed by atoms with van der Waals surface area (Å²) >= 11 is 5.90. The van der Waals surface area contributed by atoms with E-state index in [0.717, 1.165) is 19.4 Å². The quantitative estimate of drug-likeness (QED) is 0.906. The van der Waals surface area contributed by atoms with Gasteiger partial charge >= 0.3 is 6.03 Å². The predicted molar refractivity (Wildman–Crippen MR) is 73.8 cm³/mol. The minimum absolute atomic E-state index is 0.0545. The molecule has 1 aliphatic heterocycles. The lowest BCUT2D eigenvalue weighted by molar-refractivity contribution is 0.139. The molecule has 2 unspecified atom stereocenters. The first-order valence-corrected chi connectivity index (χ1v) is 6.95. The van der Waals surface area contributed by atoms with Gasteiger partial charge in [-0.1, -0.05) is 18.5 Å². The first kappa shape index (κ1) is 14.1. The second kappa shape index (κ2) is 6.19. The molecule has 0 aromatic carbocycles. The van der Waals surface area contributed by atoms with E-state index in [1.54, 1.807) is 6.20 Å². The second-order valence-electron chi connectivity index (χ2n) is 5.12. The van der Waals surface area contributed by atoms with Gasteiger partial charge in [0.15, 0.2) is 5.15 Å². The van der Waals surface area contributed by atoms with Gasteiger partial charge < -0.3 is 10.2 Å². The molecule has 0 radical (unpaired) electrons. The first-order valence-electron chi connectivity index (χ1n) is 6.57. The van der Waals surface area contributed by atoms with Crippen LogP contribution in [0.1, 0.15) is 32.4 Å². The van der Waals surface area contributed by atoms with E-state index in [2.05, 4.69) is 29.1 Å². The van der Waals surface area contributed by atoms with Gasteiger partial charge in [0.2, 0.25) is 0 Å². The molecule has 6 heteroatoms. The number of halogens is 1. The fraction of sp³-hybridized carbons (Fsp3) is 0.615. The molecule has 2 heterocycles. The zero-order valence-corrected chi connectivity index (χ0v) is 12.0. The van der Waals surface area contributed by atoms with Gasteiger partial charge in [0, 0.05) is 25.0 Å². The summed E-state index contributed by atoms with van der Waals surface area (Å²) in [6.45, 7) is 5.43. The number of carbonyl (C=O) groups is 1. The fourth-order valence-electron chi connectivity index (χ4n) is 2.44. The van der Waals surface area contributed by atoms with E-state index in [4.69, 9.17) is 11.6 Å². The SMILES string of the molecule is CC1CCN(C(=O)NCc2nccnc2Cl)C(C)C1. The zero-order chi connectivity index (χ0) is 13.8. The van der Waals surface area contributed by atoms with Crippen LogP contribution in [0.3, 0.4) is 0 Å². The number of hydrogen-bond acceptors (Lipinski definition) is 3. The van der Waals surface area contributed by atoms with E-state index in [9.17, 15) is 4.79 Å². The number of piperidine rings is 1. The third-order valence-corrected chi connectivity index (χ3v) is 3.85. The van der Waals surface area contributed by atoms with Crippen LogP contribution in [0.15, 0.2) is 12.4 Å². The maximum atomic E-state index is 12.1. The smallest absolute Gasteiger partial charge is 0.317 e. The molecule has 0 aliphatic carbocycles. The van der Waals surface area contributed by atoms with Crippen molar-refractivity contribution in [2.24, 2.45) is 5.92 Å². The molecule has 2 amide bonds. The minimum Gasteiger partial charge on any atom is -0.332 e. The normalized spacial score (nSPS) is 23.2. The number of hydrogen-bond donors (Lipinski definition) is 1. The Bertz CT molecular complexity index is 454. The molecule has 0 saturated carbocycles. The van der Waals surface area contributed by atoms with Crippen molar-refractivity contribution in [3.63, 3.8) is 0 Å². The first-order chi connectivity index (χ1) is 9.08. The lowest BCUT2D eigenvalue weighted by Gasteiger charge is -2.36. The van der Waals surface area contributed by atoms with Gasteiger partial charge in [0.1, 0.15) is 0 Å². The Morgan fingerprint density at radius 2 is 2.21 bits per heavy atom. The summed E-state index contributed by atoms with van der Waals surface area (Å²) in [7, 11) is 0. The van der Waals surface area contributed by atoms with Crippen molar-refractivity contribution < 1.29 is 4.79 Å². The van der Waals surface area contributed by atoms with Crippen LogP contribution in [0.25, 0.3) is 0 Å². The number of nitrogens with zero attached hydrogens (tertiary/aromatic N) is 3. The van der Waals surface area contributed by atoms with Crippen molar-refractivity contribution in [1.29, 1.82) is 0 Å². The van der Waals surface area contributed by atoms with Crippen LogP contribution in [0, 0.1) is 5.92 Å². The van der Waals surface area contributed by atoms with Gasteiger partial charge in [-0.3, -0.25) is 4.98 Å². The fourth-order valence-corrected chi connectivity index (χ4v) is 2.61. The van der Waals surface area contributed by atoms with E-state index in [0.29, 0.717) is 23.3 Å². The Balaban J connectivity index is 1.89. The third kappa shape index (κ3) is 3.56. The Kier molecular flexibility index (Phi) is 4.58. The molecule has 1 fully saturated rings. The zero-order valence-electron chi connectivity index (χ0n) is 11.3. The van der Waals surface area contributed by atoms with Crippen LogP contribution in [0.4, 0.5) is 4.79 Å². The average molecular weight is 283 g/mol. The van der Waals surface area contributed by atoms with Crippen LogP contribution >= 0.6 is 11.6 Å². The number of carbonyl (C=O) groups excluding carboxylic acids is 1. The molecule has 1 aliphatic rings. The summed E-state index contributed by atoms with van der Waals surface area (Å²) in [5, 5.41) is 3.19. The predicted octanol–water partition coefficient (Wildman–Crippen LogP) is 2.46. The highest BCUT2D eigenvalue weighted by Crippen LogP contribution is 2.22. The minimum atomic E-state index is -0.0545. The van der Waals surface area contributed by atoms with Crippen LogP contribution in [-0.2, 0) is 6.54 Å². The highest BCUT2D eigenvalue weighted by Gasteiger charge is 2.26.